The molecule has 7 nitrogen and oxygen atoms in total. The maximum atomic E-state index is 12.5. The van der Waals surface area contributed by atoms with Crippen molar-refractivity contribution in [1.29, 1.82) is 0 Å². The summed E-state index contributed by atoms with van der Waals surface area (Å²) in [5.41, 5.74) is 2.68. The monoisotopic (exact) mass is 437 g/mol. The minimum Gasteiger partial charge on any atom is -0.483 e. The zero-order chi connectivity index (χ0) is 23.2. The first-order valence-electron chi connectivity index (χ1n) is 10.9. The largest absolute Gasteiger partial charge is 0.483 e. The zero-order valence-corrected chi connectivity index (χ0v) is 18.4. The molecule has 32 heavy (non-hydrogen) atoms. The number of rotatable bonds is 8. The van der Waals surface area contributed by atoms with E-state index in [4.69, 9.17) is 9.90 Å². The Morgan fingerprint density at radius 1 is 1.25 bits per heavy atom. The number of carbonyl (C=O) groups is 3. The summed E-state index contributed by atoms with van der Waals surface area (Å²) in [7, 11) is 0. The maximum Gasteiger partial charge on any atom is 0.290 e. The van der Waals surface area contributed by atoms with E-state index in [2.05, 4.69) is 17.2 Å². The number of carboxylic acid groups (broad SMARTS) is 1. The van der Waals surface area contributed by atoms with Crippen molar-refractivity contribution in [3.63, 3.8) is 0 Å². The van der Waals surface area contributed by atoms with Crippen LogP contribution in [-0.4, -0.2) is 52.9 Å². The van der Waals surface area contributed by atoms with E-state index in [0.717, 1.165) is 49.9 Å². The summed E-state index contributed by atoms with van der Waals surface area (Å²) in [6.07, 6.45) is 10.8. The molecular formula is C25H31N3O4. The number of likely N-dealkylation sites (tertiary alicyclic amines) is 1. The van der Waals surface area contributed by atoms with Gasteiger partial charge < -0.3 is 15.3 Å². The lowest BCUT2D eigenvalue weighted by Crippen LogP contribution is -2.27. The smallest absolute Gasteiger partial charge is 0.290 e. The normalized spacial score (nSPS) is 15.2. The molecule has 1 aromatic heterocycles. The third-order valence-corrected chi connectivity index (χ3v) is 5.21. The average molecular weight is 438 g/mol. The third-order valence-electron chi connectivity index (χ3n) is 5.21. The van der Waals surface area contributed by atoms with Crippen molar-refractivity contribution in [2.45, 2.75) is 32.6 Å². The summed E-state index contributed by atoms with van der Waals surface area (Å²) in [6, 6.07) is 11.8. The van der Waals surface area contributed by atoms with Crippen molar-refractivity contribution in [2.24, 2.45) is 5.92 Å². The molecular weight excluding hydrogens is 406 g/mol. The van der Waals surface area contributed by atoms with E-state index in [9.17, 15) is 9.59 Å². The fourth-order valence-electron chi connectivity index (χ4n) is 3.57. The summed E-state index contributed by atoms with van der Waals surface area (Å²) in [5.74, 6) is 0.380. The molecule has 1 atom stereocenters. The molecule has 1 unspecified atom stereocenters. The molecule has 1 aliphatic heterocycles. The molecule has 2 amide bonds. The number of carbonyl (C=O) groups excluding carboxylic acids is 2. The number of pyridine rings is 1. The number of aromatic nitrogens is 1. The fourth-order valence-corrected chi connectivity index (χ4v) is 3.57. The summed E-state index contributed by atoms with van der Waals surface area (Å²) in [6.45, 7) is 4.05. The zero-order valence-electron chi connectivity index (χ0n) is 18.4. The Kier molecular flexibility index (Phi) is 10.6. The van der Waals surface area contributed by atoms with Gasteiger partial charge in [-0.15, -0.1) is 0 Å². The van der Waals surface area contributed by atoms with Crippen LogP contribution in [-0.2, 0) is 16.0 Å². The van der Waals surface area contributed by atoms with E-state index in [1.807, 2.05) is 53.6 Å². The molecule has 0 saturated carbocycles. The molecule has 1 fully saturated rings. The van der Waals surface area contributed by atoms with Crippen LogP contribution in [0.3, 0.4) is 0 Å². The minimum atomic E-state index is -0.250. The number of benzene rings is 1. The first kappa shape index (κ1) is 24.8. The first-order valence-corrected chi connectivity index (χ1v) is 10.9. The van der Waals surface area contributed by atoms with Crippen LogP contribution >= 0.6 is 0 Å². The minimum absolute atomic E-state index is 0.0542. The Bertz CT molecular complexity index is 899. The Balaban J connectivity index is 0.00000114. The van der Waals surface area contributed by atoms with E-state index < -0.39 is 0 Å². The van der Waals surface area contributed by atoms with E-state index in [1.54, 1.807) is 12.3 Å². The Morgan fingerprint density at radius 3 is 2.72 bits per heavy atom. The summed E-state index contributed by atoms with van der Waals surface area (Å²) < 4.78 is 0. The highest BCUT2D eigenvalue weighted by Gasteiger charge is 2.25. The van der Waals surface area contributed by atoms with Gasteiger partial charge in [0.1, 0.15) is 0 Å². The van der Waals surface area contributed by atoms with Crippen LogP contribution < -0.4 is 5.32 Å². The van der Waals surface area contributed by atoms with Crippen molar-refractivity contribution in [3.8, 4) is 0 Å². The van der Waals surface area contributed by atoms with Crippen molar-refractivity contribution in [1.82, 2.24) is 15.2 Å². The van der Waals surface area contributed by atoms with Gasteiger partial charge in [-0.3, -0.25) is 19.4 Å². The predicted octanol–water partition coefficient (Wildman–Crippen LogP) is 3.42. The van der Waals surface area contributed by atoms with Gasteiger partial charge in [0, 0.05) is 38.1 Å². The van der Waals surface area contributed by atoms with Crippen molar-refractivity contribution in [3.05, 3.63) is 71.6 Å². The summed E-state index contributed by atoms with van der Waals surface area (Å²) in [5, 5.41) is 9.82. The Morgan fingerprint density at radius 2 is 2.00 bits per heavy atom. The first-order chi connectivity index (χ1) is 15.6. The van der Waals surface area contributed by atoms with Crippen molar-refractivity contribution >= 4 is 24.4 Å². The van der Waals surface area contributed by atoms with E-state index in [-0.39, 0.29) is 18.3 Å². The lowest BCUT2D eigenvalue weighted by atomic mass is 9.99. The molecule has 0 aliphatic carbocycles. The Hall–Kier alpha value is -3.48. The van der Waals surface area contributed by atoms with E-state index >= 15 is 0 Å². The van der Waals surface area contributed by atoms with Crippen molar-refractivity contribution in [2.75, 3.05) is 19.6 Å². The second-order valence-electron chi connectivity index (χ2n) is 7.68. The molecule has 1 aliphatic rings. The van der Waals surface area contributed by atoms with Gasteiger partial charge in [-0.1, -0.05) is 43.7 Å². The molecule has 1 aromatic carbocycles. The number of hydrogen-bond acceptors (Lipinski definition) is 4. The van der Waals surface area contributed by atoms with Gasteiger partial charge in [0.15, 0.2) is 0 Å². The van der Waals surface area contributed by atoms with Gasteiger partial charge in [-0.2, -0.15) is 0 Å². The molecule has 2 N–H and O–H groups in total. The molecule has 0 spiro atoms. The standard InChI is InChI=1S/C24H29N3O2.CH2O2/c1-2-3-12-26-24(29)22-15-21(16-25-17-22)14-20-11-13-27(18-20)23(28)10-9-19-7-5-4-6-8-19;2-1-3/h4-10,15-17,20H,2-3,11-14,18H2,1H3,(H,26,29);1H,(H,2,3)/b10-9+;. The number of unbranched alkanes of at least 4 members (excludes halogenated alkanes) is 1. The van der Waals surface area contributed by atoms with E-state index in [0.29, 0.717) is 18.0 Å². The maximum absolute atomic E-state index is 12.5. The summed E-state index contributed by atoms with van der Waals surface area (Å²) in [4.78, 5) is 39.2. The molecule has 7 heteroatoms. The van der Waals surface area contributed by atoms with Gasteiger partial charge in [0.2, 0.25) is 5.91 Å². The van der Waals surface area contributed by atoms with Gasteiger partial charge in [0.25, 0.3) is 12.4 Å². The second-order valence-corrected chi connectivity index (χ2v) is 7.68. The van der Waals surface area contributed by atoms with Crippen LogP contribution in [0.2, 0.25) is 0 Å². The van der Waals surface area contributed by atoms with Crippen LogP contribution in [0.5, 0.6) is 0 Å². The number of hydrogen-bond donors (Lipinski definition) is 2. The van der Waals surface area contributed by atoms with Crippen LogP contribution in [0, 0.1) is 5.92 Å². The molecule has 2 aromatic rings. The topological polar surface area (TPSA) is 99.6 Å². The summed E-state index contributed by atoms with van der Waals surface area (Å²) >= 11 is 0. The molecule has 1 saturated heterocycles. The van der Waals surface area contributed by atoms with Crippen molar-refractivity contribution < 1.29 is 19.5 Å². The fraction of sp³-hybridized carbons (Fsp3) is 0.360. The molecule has 2 heterocycles. The highest BCUT2D eigenvalue weighted by atomic mass is 16.3. The number of nitrogens with zero attached hydrogens (tertiary/aromatic N) is 2. The molecule has 0 radical (unpaired) electrons. The predicted molar refractivity (Wildman–Crippen MR) is 124 cm³/mol. The molecule has 0 bridgehead atoms. The number of nitrogens with one attached hydrogen (secondary N) is 1. The van der Waals surface area contributed by atoms with Crippen LogP contribution in [0.25, 0.3) is 6.08 Å². The lowest BCUT2D eigenvalue weighted by molar-refractivity contribution is -0.125. The lowest BCUT2D eigenvalue weighted by Gasteiger charge is -2.14. The highest BCUT2D eigenvalue weighted by molar-refractivity contribution is 5.94. The average Bonchev–Trinajstić information content (AvgIpc) is 3.27. The van der Waals surface area contributed by atoms with Crippen LogP contribution in [0.1, 0.15) is 47.7 Å². The second kappa shape index (κ2) is 13.7. The number of amides is 2. The van der Waals surface area contributed by atoms with Crippen LogP contribution in [0.4, 0.5) is 0 Å². The van der Waals surface area contributed by atoms with Crippen LogP contribution in [0.15, 0.2) is 54.9 Å². The SMILES string of the molecule is CCCCNC(=O)c1cncc(CC2CCN(C(=O)/C=C/c3ccccc3)C2)c1.O=CO. The van der Waals surface area contributed by atoms with E-state index in [1.165, 1.54) is 0 Å². The van der Waals surface area contributed by atoms with Gasteiger partial charge >= 0.3 is 0 Å². The molecule has 3 rings (SSSR count). The highest BCUT2D eigenvalue weighted by Crippen LogP contribution is 2.21. The van der Waals surface area contributed by atoms with Gasteiger partial charge in [-0.05, 0) is 48.4 Å². The van der Waals surface area contributed by atoms with Gasteiger partial charge in [0.05, 0.1) is 5.56 Å². The van der Waals surface area contributed by atoms with Gasteiger partial charge in [-0.25, -0.2) is 0 Å². The molecule has 170 valence electrons. The Labute approximate surface area is 189 Å². The third kappa shape index (κ3) is 8.34. The quantitative estimate of drug-likeness (QED) is 0.375.